The Morgan fingerprint density at radius 3 is 2.61 bits per heavy atom. The van der Waals surface area contributed by atoms with Crippen LogP contribution < -0.4 is 0 Å². The van der Waals surface area contributed by atoms with Crippen molar-refractivity contribution in [1.29, 1.82) is 0 Å². The molecule has 2 heteroatoms. The molecule has 0 spiro atoms. The van der Waals surface area contributed by atoms with E-state index in [2.05, 4.69) is 29.5 Å². The lowest BCUT2D eigenvalue weighted by Gasteiger charge is -2.27. The number of carbonyl (C=O) groups is 1. The number of hydrogen-bond acceptors (Lipinski definition) is 1. The normalized spacial score (nSPS) is 18.6. The molecule has 98 valence electrons. The molecule has 1 atom stereocenters. The Labute approximate surface area is 123 Å². The molecule has 0 amide bonds. The van der Waals surface area contributed by atoms with Crippen LogP contribution in [0.4, 0.5) is 0 Å². The third-order valence-corrected chi connectivity index (χ3v) is 5.08. The van der Waals surface area contributed by atoms with Gasteiger partial charge in [0.1, 0.15) is 0 Å². The lowest BCUT2D eigenvalue weighted by atomic mass is 9.78. The topological polar surface area (TPSA) is 17.1 Å². The average Bonchev–Trinajstić information content (AvgIpc) is 2.40. The van der Waals surface area contributed by atoms with E-state index in [0.717, 1.165) is 15.1 Å². The predicted octanol–water partition coefficient (Wildman–Crippen LogP) is 5.08. The summed E-state index contributed by atoms with van der Waals surface area (Å²) in [4.78, 5) is 12.3. The lowest BCUT2D eigenvalue weighted by Crippen LogP contribution is -2.18. The summed E-state index contributed by atoms with van der Waals surface area (Å²) in [5, 5.41) is 0. The molecule has 2 rings (SSSR count). The SMILES string of the molecule is CC(CC(=O)c1ccccc1I)C1CCCCC1. The van der Waals surface area contributed by atoms with E-state index in [1.54, 1.807) is 0 Å². The Balaban J connectivity index is 1.96. The highest BCUT2D eigenvalue weighted by Crippen LogP contribution is 2.32. The summed E-state index contributed by atoms with van der Waals surface area (Å²) >= 11 is 2.26. The molecule has 0 N–H and O–H groups in total. The fraction of sp³-hybridized carbons (Fsp3) is 0.562. The third-order valence-electron chi connectivity index (χ3n) is 4.14. The van der Waals surface area contributed by atoms with Gasteiger partial charge in [0.05, 0.1) is 0 Å². The van der Waals surface area contributed by atoms with E-state index >= 15 is 0 Å². The van der Waals surface area contributed by atoms with Gasteiger partial charge in [0.15, 0.2) is 5.78 Å². The maximum atomic E-state index is 12.3. The molecule has 0 bridgehead atoms. The van der Waals surface area contributed by atoms with Crippen LogP contribution in [0.15, 0.2) is 24.3 Å². The van der Waals surface area contributed by atoms with Crippen LogP contribution in [0.25, 0.3) is 0 Å². The number of ketones is 1. The minimum atomic E-state index is 0.318. The van der Waals surface area contributed by atoms with Gasteiger partial charge in [0, 0.05) is 15.6 Å². The minimum Gasteiger partial charge on any atom is -0.294 e. The van der Waals surface area contributed by atoms with Crippen molar-refractivity contribution in [3.8, 4) is 0 Å². The van der Waals surface area contributed by atoms with Crippen LogP contribution in [-0.4, -0.2) is 5.78 Å². The molecular formula is C16H21IO. The molecule has 1 unspecified atom stereocenters. The van der Waals surface area contributed by atoms with Crippen molar-refractivity contribution in [2.24, 2.45) is 11.8 Å². The second kappa shape index (κ2) is 6.69. The number of benzene rings is 1. The smallest absolute Gasteiger partial charge is 0.164 e. The summed E-state index contributed by atoms with van der Waals surface area (Å²) in [6.07, 6.45) is 7.44. The summed E-state index contributed by atoms with van der Waals surface area (Å²) in [7, 11) is 0. The zero-order valence-electron chi connectivity index (χ0n) is 11.0. The second-order valence-corrected chi connectivity index (χ2v) is 6.64. The first kappa shape index (κ1) is 14.0. The van der Waals surface area contributed by atoms with Crippen LogP contribution in [-0.2, 0) is 0 Å². The average molecular weight is 356 g/mol. The molecule has 1 fully saturated rings. The Bertz CT molecular complexity index is 407. The monoisotopic (exact) mass is 356 g/mol. The molecule has 0 heterocycles. The van der Waals surface area contributed by atoms with E-state index in [4.69, 9.17) is 0 Å². The molecule has 1 nitrogen and oxygen atoms in total. The number of Topliss-reactive ketones (excluding diaryl/α,β-unsaturated/α-hetero) is 1. The molecule has 0 radical (unpaired) electrons. The van der Waals surface area contributed by atoms with Crippen molar-refractivity contribution < 1.29 is 4.79 Å². The molecule has 1 aliphatic rings. The van der Waals surface area contributed by atoms with Crippen LogP contribution in [0.2, 0.25) is 0 Å². The van der Waals surface area contributed by atoms with Gasteiger partial charge in [-0.2, -0.15) is 0 Å². The molecule has 0 aromatic heterocycles. The summed E-state index contributed by atoms with van der Waals surface area (Å²) in [5.41, 5.74) is 0.903. The van der Waals surface area contributed by atoms with E-state index in [-0.39, 0.29) is 0 Å². The molecular weight excluding hydrogens is 335 g/mol. The van der Waals surface area contributed by atoms with Gasteiger partial charge in [-0.05, 0) is 40.5 Å². The molecule has 0 saturated heterocycles. The van der Waals surface area contributed by atoms with Crippen LogP contribution in [0.5, 0.6) is 0 Å². The number of rotatable bonds is 4. The fourth-order valence-electron chi connectivity index (χ4n) is 2.96. The molecule has 1 aromatic carbocycles. The van der Waals surface area contributed by atoms with Crippen LogP contribution >= 0.6 is 22.6 Å². The lowest BCUT2D eigenvalue weighted by molar-refractivity contribution is 0.0938. The predicted molar refractivity (Wildman–Crippen MR) is 83.8 cm³/mol. The van der Waals surface area contributed by atoms with E-state index < -0.39 is 0 Å². The van der Waals surface area contributed by atoms with Gasteiger partial charge in [-0.1, -0.05) is 57.2 Å². The molecule has 0 aliphatic heterocycles. The van der Waals surface area contributed by atoms with Crippen molar-refractivity contribution in [3.63, 3.8) is 0 Å². The Kier molecular flexibility index (Phi) is 5.22. The van der Waals surface area contributed by atoms with Gasteiger partial charge in [-0.15, -0.1) is 0 Å². The zero-order chi connectivity index (χ0) is 13.0. The molecule has 1 aromatic rings. The van der Waals surface area contributed by atoms with E-state index in [1.807, 2.05) is 24.3 Å². The second-order valence-electron chi connectivity index (χ2n) is 5.48. The van der Waals surface area contributed by atoms with E-state index in [9.17, 15) is 4.79 Å². The minimum absolute atomic E-state index is 0.318. The molecule has 1 aliphatic carbocycles. The first-order valence-electron chi connectivity index (χ1n) is 6.96. The van der Waals surface area contributed by atoms with Crippen molar-refractivity contribution >= 4 is 28.4 Å². The van der Waals surface area contributed by atoms with Gasteiger partial charge in [-0.25, -0.2) is 0 Å². The Morgan fingerprint density at radius 1 is 1.28 bits per heavy atom. The van der Waals surface area contributed by atoms with Crippen LogP contribution in [0.3, 0.4) is 0 Å². The summed E-state index contributed by atoms with van der Waals surface area (Å²) in [6, 6.07) is 7.92. The maximum absolute atomic E-state index is 12.3. The standard InChI is InChI=1S/C16H21IO/c1-12(13-7-3-2-4-8-13)11-16(18)14-9-5-6-10-15(14)17/h5-6,9-10,12-13H,2-4,7-8,11H2,1H3. The summed E-state index contributed by atoms with van der Waals surface area (Å²) in [6.45, 7) is 2.25. The summed E-state index contributed by atoms with van der Waals surface area (Å²) in [5.74, 6) is 1.62. The fourth-order valence-corrected chi connectivity index (χ4v) is 3.65. The largest absolute Gasteiger partial charge is 0.294 e. The van der Waals surface area contributed by atoms with E-state index in [0.29, 0.717) is 18.1 Å². The van der Waals surface area contributed by atoms with Gasteiger partial charge in [0.2, 0.25) is 0 Å². The first-order chi connectivity index (χ1) is 8.68. The number of carbonyl (C=O) groups excluding carboxylic acids is 1. The first-order valence-corrected chi connectivity index (χ1v) is 8.04. The van der Waals surface area contributed by atoms with Crippen molar-refractivity contribution in [1.82, 2.24) is 0 Å². The highest BCUT2D eigenvalue weighted by atomic mass is 127. The van der Waals surface area contributed by atoms with Gasteiger partial charge in [-0.3, -0.25) is 4.79 Å². The van der Waals surface area contributed by atoms with Gasteiger partial charge in [0.25, 0.3) is 0 Å². The number of halogens is 1. The molecule has 1 saturated carbocycles. The van der Waals surface area contributed by atoms with Crippen molar-refractivity contribution in [2.75, 3.05) is 0 Å². The maximum Gasteiger partial charge on any atom is 0.164 e. The van der Waals surface area contributed by atoms with Crippen LogP contribution in [0, 0.1) is 15.4 Å². The van der Waals surface area contributed by atoms with Gasteiger partial charge < -0.3 is 0 Å². The van der Waals surface area contributed by atoms with Crippen molar-refractivity contribution in [3.05, 3.63) is 33.4 Å². The number of hydrogen-bond donors (Lipinski definition) is 0. The Morgan fingerprint density at radius 2 is 1.94 bits per heavy atom. The van der Waals surface area contributed by atoms with Gasteiger partial charge >= 0.3 is 0 Å². The highest BCUT2D eigenvalue weighted by molar-refractivity contribution is 14.1. The quantitative estimate of drug-likeness (QED) is 0.543. The van der Waals surface area contributed by atoms with Crippen molar-refractivity contribution in [2.45, 2.75) is 45.4 Å². The highest BCUT2D eigenvalue weighted by Gasteiger charge is 2.23. The van der Waals surface area contributed by atoms with E-state index in [1.165, 1.54) is 32.1 Å². The Hall–Kier alpha value is -0.380. The third kappa shape index (κ3) is 3.56. The molecule has 18 heavy (non-hydrogen) atoms. The zero-order valence-corrected chi connectivity index (χ0v) is 13.2. The summed E-state index contributed by atoms with van der Waals surface area (Å²) < 4.78 is 1.08. The van der Waals surface area contributed by atoms with Crippen LogP contribution in [0.1, 0.15) is 55.8 Å².